The van der Waals surface area contributed by atoms with Gasteiger partial charge >= 0.3 is 0 Å². The van der Waals surface area contributed by atoms with E-state index in [9.17, 15) is 0 Å². The largest absolute Gasteiger partial charge is 0.481 e. The van der Waals surface area contributed by atoms with Crippen molar-refractivity contribution < 1.29 is 4.74 Å². The van der Waals surface area contributed by atoms with Gasteiger partial charge in [0.15, 0.2) is 0 Å². The van der Waals surface area contributed by atoms with Crippen molar-refractivity contribution in [2.24, 2.45) is 0 Å². The Labute approximate surface area is 79.7 Å². The van der Waals surface area contributed by atoms with Crippen LogP contribution in [-0.2, 0) is 0 Å². The normalized spacial score (nSPS) is 8.69. The number of rotatable bonds is 3. The Balaban J connectivity index is 2.25. The zero-order valence-electron chi connectivity index (χ0n) is 7.84. The highest BCUT2D eigenvalue weighted by Gasteiger charge is 1.86. The molecule has 1 heteroatoms. The molecule has 1 radical (unpaired) electrons. The van der Waals surface area contributed by atoms with Gasteiger partial charge in [-0.05, 0) is 24.6 Å². The summed E-state index contributed by atoms with van der Waals surface area (Å²) in [6, 6.07) is 10.4. The number of benzene rings is 1. The van der Waals surface area contributed by atoms with E-state index in [1.165, 1.54) is 0 Å². The lowest BCUT2D eigenvalue weighted by atomic mass is 10.3. The lowest BCUT2D eigenvalue weighted by molar-refractivity contribution is 0.370. The molecule has 0 saturated heterocycles. The van der Waals surface area contributed by atoms with Crippen LogP contribution in [0.2, 0.25) is 0 Å². The second-order valence-corrected chi connectivity index (χ2v) is 2.63. The SMILES string of the molecule is CCCC#CCOc1c[c]ccc1. The van der Waals surface area contributed by atoms with Crippen LogP contribution in [0.15, 0.2) is 24.3 Å². The number of ether oxygens (including phenoxy) is 1. The third-order valence-electron chi connectivity index (χ3n) is 1.49. The first-order valence-electron chi connectivity index (χ1n) is 4.48. The summed E-state index contributed by atoms with van der Waals surface area (Å²) in [4.78, 5) is 0. The average Bonchev–Trinajstić information content (AvgIpc) is 2.19. The predicted octanol–water partition coefficient (Wildman–Crippen LogP) is 2.67. The Hall–Kier alpha value is -1.42. The highest BCUT2D eigenvalue weighted by Crippen LogP contribution is 2.06. The number of unbranched alkanes of at least 4 members (excludes halogenated alkanes) is 1. The minimum atomic E-state index is 0.470. The number of hydrogen-bond acceptors (Lipinski definition) is 1. The summed E-state index contributed by atoms with van der Waals surface area (Å²) < 4.78 is 5.35. The van der Waals surface area contributed by atoms with Gasteiger partial charge in [0, 0.05) is 6.42 Å². The van der Waals surface area contributed by atoms with Gasteiger partial charge in [0.05, 0.1) is 0 Å². The molecule has 0 unspecified atom stereocenters. The van der Waals surface area contributed by atoms with Gasteiger partial charge in [-0.15, -0.1) is 0 Å². The van der Waals surface area contributed by atoms with E-state index in [1.807, 2.05) is 24.3 Å². The fraction of sp³-hybridized carbons (Fsp3) is 0.333. The standard InChI is InChI=1S/C12H13O/c1-2-3-4-8-11-13-12-9-6-5-7-10-12/h5-6,9-10H,2-3,11H2,1H3. The van der Waals surface area contributed by atoms with Crippen LogP contribution < -0.4 is 4.74 Å². The van der Waals surface area contributed by atoms with E-state index >= 15 is 0 Å². The molecule has 0 heterocycles. The maximum Gasteiger partial charge on any atom is 0.149 e. The van der Waals surface area contributed by atoms with E-state index in [0.29, 0.717) is 6.61 Å². The molecular weight excluding hydrogens is 160 g/mol. The maximum absolute atomic E-state index is 5.35. The first kappa shape index (κ1) is 9.67. The molecule has 0 N–H and O–H groups in total. The topological polar surface area (TPSA) is 9.23 Å². The molecule has 1 aromatic rings. The molecule has 0 aliphatic rings. The molecular formula is C12H13O. The molecule has 67 valence electrons. The summed E-state index contributed by atoms with van der Waals surface area (Å²) in [5.74, 6) is 6.80. The molecule has 1 aromatic carbocycles. The smallest absolute Gasteiger partial charge is 0.149 e. The fourth-order valence-electron chi connectivity index (χ4n) is 0.850. The van der Waals surface area contributed by atoms with Gasteiger partial charge < -0.3 is 4.74 Å². The lowest BCUT2D eigenvalue weighted by Gasteiger charge is -1.98. The molecule has 0 spiro atoms. The summed E-state index contributed by atoms with van der Waals surface area (Å²) in [6.45, 7) is 2.58. The Morgan fingerprint density at radius 3 is 3.08 bits per heavy atom. The van der Waals surface area contributed by atoms with E-state index < -0.39 is 0 Å². The lowest BCUT2D eigenvalue weighted by Crippen LogP contribution is -1.92. The molecule has 13 heavy (non-hydrogen) atoms. The van der Waals surface area contributed by atoms with Crippen LogP contribution in [0.25, 0.3) is 0 Å². The fourth-order valence-corrected chi connectivity index (χ4v) is 0.850. The third-order valence-corrected chi connectivity index (χ3v) is 1.49. The second kappa shape index (κ2) is 6.14. The quantitative estimate of drug-likeness (QED) is 0.638. The summed E-state index contributed by atoms with van der Waals surface area (Å²) in [5.41, 5.74) is 0. The van der Waals surface area contributed by atoms with Crippen LogP contribution in [0.3, 0.4) is 0 Å². The molecule has 0 fully saturated rings. The molecule has 0 atom stereocenters. The van der Waals surface area contributed by atoms with Gasteiger partial charge in [-0.25, -0.2) is 0 Å². The Bertz CT molecular complexity index is 279. The molecule has 0 bridgehead atoms. The monoisotopic (exact) mass is 173 g/mol. The zero-order valence-corrected chi connectivity index (χ0v) is 7.84. The van der Waals surface area contributed by atoms with Crippen molar-refractivity contribution in [3.05, 3.63) is 30.3 Å². The average molecular weight is 173 g/mol. The van der Waals surface area contributed by atoms with Crippen molar-refractivity contribution in [1.29, 1.82) is 0 Å². The summed E-state index contributed by atoms with van der Waals surface area (Å²) in [6.07, 6.45) is 2.05. The minimum absolute atomic E-state index is 0.470. The highest BCUT2D eigenvalue weighted by molar-refractivity contribution is 5.20. The Morgan fingerprint density at radius 2 is 2.38 bits per heavy atom. The molecule has 0 saturated carbocycles. The molecule has 0 aromatic heterocycles. The van der Waals surface area contributed by atoms with Crippen molar-refractivity contribution in [2.45, 2.75) is 19.8 Å². The van der Waals surface area contributed by atoms with Crippen molar-refractivity contribution in [3.63, 3.8) is 0 Å². The first-order chi connectivity index (χ1) is 6.43. The summed E-state index contributed by atoms with van der Waals surface area (Å²) >= 11 is 0. The van der Waals surface area contributed by atoms with Gasteiger partial charge in [-0.1, -0.05) is 30.9 Å². The van der Waals surface area contributed by atoms with E-state index in [1.54, 1.807) is 0 Å². The van der Waals surface area contributed by atoms with Crippen molar-refractivity contribution >= 4 is 0 Å². The van der Waals surface area contributed by atoms with Crippen molar-refractivity contribution in [3.8, 4) is 17.6 Å². The third kappa shape index (κ3) is 4.22. The predicted molar refractivity (Wildman–Crippen MR) is 53.5 cm³/mol. The molecule has 0 amide bonds. The Morgan fingerprint density at radius 1 is 1.46 bits per heavy atom. The van der Waals surface area contributed by atoms with E-state index in [-0.39, 0.29) is 0 Å². The van der Waals surface area contributed by atoms with Gasteiger partial charge in [0.1, 0.15) is 12.4 Å². The number of hydrogen-bond donors (Lipinski definition) is 0. The van der Waals surface area contributed by atoms with Crippen LogP contribution in [0.1, 0.15) is 19.8 Å². The molecule has 1 rings (SSSR count). The van der Waals surface area contributed by atoms with E-state index in [2.05, 4.69) is 24.8 Å². The maximum atomic E-state index is 5.35. The Kier molecular flexibility index (Phi) is 4.56. The summed E-state index contributed by atoms with van der Waals surface area (Å²) in [7, 11) is 0. The summed E-state index contributed by atoms with van der Waals surface area (Å²) in [5, 5.41) is 0. The van der Waals surface area contributed by atoms with Crippen LogP contribution in [-0.4, -0.2) is 6.61 Å². The van der Waals surface area contributed by atoms with Crippen molar-refractivity contribution in [1.82, 2.24) is 0 Å². The van der Waals surface area contributed by atoms with Crippen molar-refractivity contribution in [2.75, 3.05) is 6.61 Å². The molecule has 0 aliphatic carbocycles. The van der Waals surface area contributed by atoms with E-state index in [0.717, 1.165) is 18.6 Å². The first-order valence-corrected chi connectivity index (χ1v) is 4.48. The van der Waals surface area contributed by atoms with Gasteiger partial charge in [-0.3, -0.25) is 0 Å². The van der Waals surface area contributed by atoms with Crippen LogP contribution in [0.5, 0.6) is 5.75 Å². The van der Waals surface area contributed by atoms with E-state index in [4.69, 9.17) is 4.74 Å². The second-order valence-electron chi connectivity index (χ2n) is 2.63. The zero-order chi connectivity index (χ0) is 9.36. The van der Waals surface area contributed by atoms with Gasteiger partial charge in [0.25, 0.3) is 0 Å². The van der Waals surface area contributed by atoms with Gasteiger partial charge in [0.2, 0.25) is 0 Å². The molecule has 1 nitrogen and oxygen atoms in total. The van der Waals surface area contributed by atoms with Crippen LogP contribution >= 0.6 is 0 Å². The molecule has 0 aliphatic heterocycles. The highest BCUT2D eigenvalue weighted by atomic mass is 16.5. The van der Waals surface area contributed by atoms with Crippen LogP contribution in [0.4, 0.5) is 0 Å². The van der Waals surface area contributed by atoms with Crippen LogP contribution in [0, 0.1) is 17.9 Å². The minimum Gasteiger partial charge on any atom is -0.481 e. The van der Waals surface area contributed by atoms with Gasteiger partial charge in [-0.2, -0.15) is 0 Å².